The minimum atomic E-state index is 0.0428. The number of nitrogens with one attached hydrogen (secondary N) is 2. The molecular weight excluding hydrogens is 434 g/mol. The second-order valence-corrected chi connectivity index (χ2v) is 10.4. The molecule has 2 aliphatic rings. The lowest BCUT2D eigenvalue weighted by Gasteiger charge is -2.37. The SMILES string of the molecule is Cc1ccc(C(=O)N2CC[C@]3(CC[C@@H](NCCc4c[nH]c5ccc(Cl)cc45)CC3)C2)cc1O. The number of hydrogen-bond donors (Lipinski definition) is 3. The minimum Gasteiger partial charge on any atom is -0.508 e. The molecule has 5 rings (SSSR count). The zero-order valence-corrected chi connectivity index (χ0v) is 19.9. The summed E-state index contributed by atoms with van der Waals surface area (Å²) in [6, 6.07) is 11.8. The van der Waals surface area contributed by atoms with E-state index >= 15 is 0 Å². The molecule has 0 unspecified atom stereocenters. The lowest BCUT2D eigenvalue weighted by molar-refractivity contribution is 0.0753. The fourth-order valence-electron chi connectivity index (χ4n) is 5.64. The van der Waals surface area contributed by atoms with Crippen LogP contribution in [0.3, 0.4) is 0 Å². The average molecular weight is 466 g/mol. The van der Waals surface area contributed by atoms with Gasteiger partial charge in [-0.25, -0.2) is 0 Å². The van der Waals surface area contributed by atoms with Crippen molar-refractivity contribution in [1.82, 2.24) is 15.2 Å². The Morgan fingerprint density at radius 2 is 2.03 bits per heavy atom. The smallest absolute Gasteiger partial charge is 0.254 e. The average Bonchev–Trinajstić information content (AvgIpc) is 3.41. The molecule has 1 aromatic heterocycles. The summed E-state index contributed by atoms with van der Waals surface area (Å²) in [5.41, 5.74) is 4.08. The van der Waals surface area contributed by atoms with Gasteiger partial charge in [0.05, 0.1) is 0 Å². The van der Waals surface area contributed by atoms with E-state index in [1.54, 1.807) is 6.07 Å². The van der Waals surface area contributed by atoms with Crippen molar-refractivity contribution in [3.8, 4) is 5.75 Å². The van der Waals surface area contributed by atoms with E-state index in [4.69, 9.17) is 11.6 Å². The van der Waals surface area contributed by atoms with Gasteiger partial charge in [0.1, 0.15) is 5.75 Å². The molecule has 174 valence electrons. The highest BCUT2D eigenvalue weighted by molar-refractivity contribution is 6.31. The van der Waals surface area contributed by atoms with Crippen LogP contribution in [0.4, 0.5) is 0 Å². The molecular formula is C27H32ClN3O2. The third-order valence-electron chi connectivity index (χ3n) is 7.78. The first-order valence-corrected chi connectivity index (χ1v) is 12.4. The molecule has 0 bridgehead atoms. The van der Waals surface area contributed by atoms with E-state index in [-0.39, 0.29) is 17.1 Å². The summed E-state index contributed by atoms with van der Waals surface area (Å²) in [6.07, 6.45) is 8.80. The Balaban J connectivity index is 1.11. The molecule has 1 spiro atoms. The summed E-state index contributed by atoms with van der Waals surface area (Å²) < 4.78 is 0. The Bertz CT molecular complexity index is 1160. The van der Waals surface area contributed by atoms with Crippen molar-refractivity contribution in [2.24, 2.45) is 5.41 Å². The van der Waals surface area contributed by atoms with Crippen molar-refractivity contribution < 1.29 is 9.90 Å². The third-order valence-corrected chi connectivity index (χ3v) is 8.02. The molecule has 1 saturated heterocycles. The van der Waals surface area contributed by atoms with Crippen LogP contribution in [0.1, 0.15) is 53.6 Å². The number of rotatable bonds is 5. The number of aromatic hydroxyl groups is 1. The highest BCUT2D eigenvalue weighted by Gasteiger charge is 2.42. The number of halogens is 1. The molecule has 2 aromatic carbocycles. The van der Waals surface area contributed by atoms with E-state index < -0.39 is 0 Å². The number of aryl methyl sites for hydroxylation is 1. The summed E-state index contributed by atoms with van der Waals surface area (Å²) in [5.74, 6) is 0.235. The lowest BCUT2D eigenvalue weighted by Crippen LogP contribution is -2.40. The number of carbonyl (C=O) groups is 1. The van der Waals surface area contributed by atoms with E-state index in [9.17, 15) is 9.90 Å². The van der Waals surface area contributed by atoms with Crippen LogP contribution in [0.5, 0.6) is 5.75 Å². The molecule has 3 aromatic rings. The van der Waals surface area contributed by atoms with Gasteiger partial charge in [-0.1, -0.05) is 17.7 Å². The molecule has 6 heteroatoms. The number of phenolic OH excluding ortho intramolecular Hbond substituents is 1. The monoisotopic (exact) mass is 465 g/mol. The van der Waals surface area contributed by atoms with Crippen LogP contribution in [-0.4, -0.2) is 46.6 Å². The summed E-state index contributed by atoms with van der Waals surface area (Å²) in [4.78, 5) is 18.3. The van der Waals surface area contributed by atoms with Crippen molar-refractivity contribution in [3.05, 3.63) is 64.3 Å². The number of hydrogen-bond acceptors (Lipinski definition) is 3. The van der Waals surface area contributed by atoms with Crippen LogP contribution >= 0.6 is 11.6 Å². The Hall–Kier alpha value is -2.50. The van der Waals surface area contributed by atoms with Gasteiger partial charge in [0.15, 0.2) is 0 Å². The first-order chi connectivity index (χ1) is 15.9. The molecule has 1 amide bonds. The maximum absolute atomic E-state index is 13.0. The molecule has 5 nitrogen and oxygen atoms in total. The largest absolute Gasteiger partial charge is 0.508 e. The third kappa shape index (κ3) is 4.62. The van der Waals surface area contributed by atoms with Gasteiger partial charge in [-0.3, -0.25) is 4.79 Å². The van der Waals surface area contributed by atoms with Crippen LogP contribution in [0, 0.1) is 12.3 Å². The Labute approximate surface area is 200 Å². The zero-order valence-electron chi connectivity index (χ0n) is 19.2. The van der Waals surface area contributed by atoms with Crippen molar-refractivity contribution in [3.63, 3.8) is 0 Å². The maximum atomic E-state index is 13.0. The normalized spacial score (nSPS) is 23.0. The summed E-state index contributed by atoms with van der Waals surface area (Å²) in [6.45, 7) is 4.45. The van der Waals surface area contributed by atoms with Gasteiger partial charge in [0.25, 0.3) is 5.91 Å². The fourth-order valence-corrected chi connectivity index (χ4v) is 5.82. The van der Waals surface area contributed by atoms with Crippen LogP contribution < -0.4 is 5.32 Å². The second kappa shape index (κ2) is 9.03. The van der Waals surface area contributed by atoms with E-state index in [1.807, 2.05) is 42.2 Å². The number of phenols is 1. The number of fused-ring (bicyclic) bond motifs is 1. The van der Waals surface area contributed by atoms with Gasteiger partial charge < -0.3 is 20.3 Å². The fraction of sp³-hybridized carbons (Fsp3) is 0.444. The number of amides is 1. The quantitative estimate of drug-likeness (QED) is 0.469. The van der Waals surface area contributed by atoms with E-state index in [2.05, 4.69) is 16.5 Å². The zero-order chi connectivity index (χ0) is 23.0. The number of H-pyrrole nitrogens is 1. The van der Waals surface area contributed by atoms with Crippen LogP contribution in [0.25, 0.3) is 10.9 Å². The second-order valence-electron chi connectivity index (χ2n) is 9.96. The Morgan fingerprint density at radius 3 is 2.82 bits per heavy atom. The predicted octanol–water partition coefficient (Wildman–Crippen LogP) is 5.44. The Morgan fingerprint density at radius 1 is 1.21 bits per heavy atom. The van der Waals surface area contributed by atoms with Crippen molar-refractivity contribution in [1.29, 1.82) is 0 Å². The summed E-state index contributed by atoms with van der Waals surface area (Å²) >= 11 is 6.18. The number of aromatic nitrogens is 1. The first-order valence-electron chi connectivity index (χ1n) is 12.0. The standard InChI is InChI=1S/C27H32ClN3O2/c1-18-2-3-19(14-25(18)32)26(33)31-13-11-27(17-31)9-6-22(7-10-27)29-12-8-20-16-30-24-5-4-21(28)15-23(20)24/h2-5,14-16,22,29-30,32H,6-13,17H2,1H3/t22-,27-. The van der Waals surface area contributed by atoms with Gasteiger partial charge in [0, 0.05) is 46.8 Å². The Kier molecular flexibility index (Phi) is 6.11. The number of aromatic amines is 1. The molecule has 3 N–H and O–H groups in total. The molecule has 1 aliphatic heterocycles. The predicted molar refractivity (Wildman–Crippen MR) is 133 cm³/mol. The molecule has 2 fully saturated rings. The topological polar surface area (TPSA) is 68.4 Å². The molecule has 0 atom stereocenters. The maximum Gasteiger partial charge on any atom is 0.254 e. The number of carbonyl (C=O) groups excluding carboxylic acids is 1. The van der Waals surface area contributed by atoms with Gasteiger partial charge in [-0.15, -0.1) is 0 Å². The van der Waals surface area contributed by atoms with E-state index in [1.165, 1.54) is 10.9 Å². The molecule has 2 heterocycles. The van der Waals surface area contributed by atoms with Crippen LogP contribution in [-0.2, 0) is 6.42 Å². The van der Waals surface area contributed by atoms with Crippen molar-refractivity contribution in [2.75, 3.05) is 19.6 Å². The molecule has 1 saturated carbocycles. The highest BCUT2D eigenvalue weighted by atomic mass is 35.5. The number of nitrogens with zero attached hydrogens (tertiary/aromatic N) is 1. The van der Waals surface area contributed by atoms with E-state index in [0.29, 0.717) is 11.6 Å². The van der Waals surface area contributed by atoms with E-state index in [0.717, 1.165) is 74.3 Å². The number of likely N-dealkylation sites (tertiary alicyclic amines) is 1. The van der Waals surface area contributed by atoms with Gasteiger partial charge in [-0.2, -0.15) is 0 Å². The number of benzene rings is 2. The molecule has 0 radical (unpaired) electrons. The van der Waals surface area contributed by atoms with Crippen LogP contribution in [0.15, 0.2) is 42.6 Å². The minimum absolute atomic E-state index is 0.0428. The van der Waals surface area contributed by atoms with Gasteiger partial charge in [-0.05, 0) is 98.9 Å². The first kappa shape index (κ1) is 22.3. The van der Waals surface area contributed by atoms with Gasteiger partial charge >= 0.3 is 0 Å². The lowest BCUT2D eigenvalue weighted by atomic mass is 9.72. The summed E-state index contributed by atoms with van der Waals surface area (Å²) in [7, 11) is 0. The summed E-state index contributed by atoms with van der Waals surface area (Å²) in [5, 5.41) is 15.7. The van der Waals surface area contributed by atoms with Crippen molar-refractivity contribution in [2.45, 2.75) is 51.5 Å². The molecule has 33 heavy (non-hydrogen) atoms. The molecule has 1 aliphatic carbocycles. The highest BCUT2D eigenvalue weighted by Crippen LogP contribution is 2.44. The van der Waals surface area contributed by atoms with Crippen LogP contribution in [0.2, 0.25) is 5.02 Å². The van der Waals surface area contributed by atoms with Gasteiger partial charge in [0.2, 0.25) is 0 Å². The van der Waals surface area contributed by atoms with Crippen molar-refractivity contribution >= 4 is 28.4 Å².